The van der Waals surface area contributed by atoms with Gasteiger partial charge in [0.1, 0.15) is 5.75 Å². The van der Waals surface area contributed by atoms with E-state index < -0.39 is 0 Å². The molecule has 94 valence electrons. The Hall–Kier alpha value is -2.30. The van der Waals surface area contributed by atoms with Gasteiger partial charge in [-0.2, -0.15) is 5.10 Å². The van der Waals surface area contributed by atoms with Gasteiger partial charge in [0.05, 0.1) is 19.2 Å². The molecule has 2 aromatic rings. The molecule has 1 N–H and O–H groups in total. The predicted octanol–water partition coefficient (Wildman–Crippen LogP) is 1.32. The summed E-state index contributed by atoms with van der Waals surface area (Å²) in [6.07, 6.45) is 3.57. The van der Waals surface area contributed by atoms with Gasteiger partial charge in [0.2, 0.25) is 0 Å². The molecule has 0 aliphatic heterocycles. The van der Waals surface area contributed by atoms with Gasteiger partial charge in [-0.25, -0.2) is 0 Å². The molecule has 2 rings (SSSR count). The fourth-order valence-corrected chi connectivity index (χ4v) is 1.64. The van der Waals surface area contributed by atoms with E-state index in [1.807, 2.05) is 24.4 Å². The average molecular weight is 245 g/mol. The second-order valence-electron chi connectivity index (χ2n) is 3.73. The van der Waals surface area contributed by atoms with Gasteiger partial charge in [-0.3, -0.25) is 9.48 Å². The van der Waals surface area contributed by atoms with Crippen LogP contribution in [0, 0.1) is 0 Å². The lowest BCUT2D eigenvalue weighted by atomic mass is 10.2. The van der Waals surface area contributed by atoms with Crippen LogP contribution in [0.25, 0.3) is 0 Å². The highest BCUT2D eigenvalue weighted by Gasteiger charge is 2.10. The quantitative estimate of drug-likeness (QED) is 0.864. The minimum Gasteiger partial charge on any atom is -0.496 e. The number of nitrogens with zero attached hydrogens (tertiary/aromatic N) is 2. The summed E-state index contributed by atoms with van der Waals surface area (Å²) in [6, 6.07) is 9.00. The molecule has 0 bridgehead atoms. The van der Waals surface area contributed by atoms with Crippen LogP contribution in [0.2, 0.25) is 0 Å². The number of aromatic nitrogens is 2. The van der Waals surface area contributed by atoms with Crippen molar-refractivity contribution in [2.45, 2.75) is 6.54 Å². The summed E-state index contributed by atoms with van der Waals surface area (Å²) in [6.45, 7) is 1.17. The van der Waals surface area contributed by atoms with Crippen LogP contribution in [0.1, 0.15) is 10.4 Å². The molecule has 0 radical (unpaired) electrons. The summed E-state index contributed by atoms with van der Waals surface area (Å²) in [4.78, 5) is 11.9. The van der Waals surface area contributed by atoms with E-state index in [9.17, 15) is 4.79 Å². The van der Waals surface area contributed by atoms with Crippen molar-refractivity contribution >= 4 is 5.91 Å². The van der Waals surface area contributed by atoms with Crippen LogP contribution in [-0.4, -0.2) is 29.3 Å². The van der Waals surface area contributed by atoms with Crippen LogP contribution in [0.4, 0.5) is 0 Å². The number of ether oxygens (including phenoxy) is 1. The van der Waals surface area contributed by atoms with Crippen molar-refractivity contribution in [2.24, 2.45) is 0 Å². The lowest BCUT2D eigenvalue weighted by Crippen LogP contribution is -2.27. The number of hydrogen-bond acceptors (Lipinski definition) is 3. The molecular formula is C13H15N3O2. The Bertz CT molecular complexity index is 509. The highest BCUT2D eigenvalue weighted by atomic mass is 16.5. The molecular weight excluding hydrogens is 230 g/mol. The van der Waals surface area contributed by atoms with Crippen LogP contribution in [-0.2, 0) is 6.54 Å². The van der Waals surface area contributed by atoms with Gasteiger partial charge in [-0.15, -0.1) is 0 Å². The van der Waals surface area contributed by atoms with Gasteiger partial charge < -0.3 is 10.1 Å². The molecule has 0 unspecified atom stereocenters. The zero-order valence-corrected chi connectivity index (χ0v) is 10.2. The van der Waals surface area contributed by atoms with Crippen LogP contribution in [0.3, 0.4) is 0 Å². The summed E-state index contributed by atoms with van der Waals surface area (Å²) in [5.74, 6) is 0.439. The molecule has 0 spiro atoms. The van der Waals surface area contributed by atoms with E-state index in [-0.39, 0.29) is 5.91 Å². The number of para-hydroxylation sites is 1. The predicted molar refractivity (Wildman–Crippen MR) is 67.6 cm³/mol. The van der Waals surface area contributed by atoms with Gasteiger partial charge in [0, 0.05) is 18.9 Å². The number of rotatable bonds is 5. The maximum atomic E-state index is 11.9. The summed E-state index contributed by atoms with van der Waals surface area (Å²) >= 11 is 0. The fraction of sp³-hybridized carbons (Fsp3) is 0.231. The third kappa shape index (κ3) is 2.88. The van der Waals surface area contributed by atoms with Gasteiger partial charge in [0.15, 0.2) is 0 Å². The Balaban J connectivity index is 1.91. The molecule has 1 aromatic carbocycles. The first kappa shape index (κ1) is 12.2. The van der Waals surface area contributed by atoms with Crippen molar-refractivity contribution in [3.8, 4) is 5.75 Å². The Morgan fingerprint density at radius 2 is 2.22 bits per heavy atom. The van der Waals surface area contributed by atoms with E-state index in [1.54, 1.807) is 30.1 Å². The van der Waals surface area contributed by atoms with Crippen molar-refractivity contribution < 1.29 is 9.53 Å². The van der Waals surface area contributed by atoms with Crippen molar-refractivity contribution in [2.75, 3.05) is 13.7 Å². The van der Waals surface area contributed by atoms with Crippen molar-refractivity contribution in [3.63, 3.8) is 0 Å². The summed E-state index contributed by atoms with van der Waals surface area (Å²) in [5.41, 5.74) is 0.542. The van der Waals surface area contributed by atoms with Gasteiger partial charge in [0.25, 0.3) is 5.91 Å². The maximum absolute atomic E-state index is 11.9. The Labute approximate surface area is 105 Å². The number of amides is 1. The standard InChI is InChI=1S/C13H15N3O2/c1-18-12-6-3-2-5-11(12)13(17)14-8-10-16-9-4-7-15-16/h2-7,9H,8,10H2,1H3,(H,14,17). The minimum absolute atomic E-state index is 0.139. The van der Waals surface area contributed by atoms with Gasteiger partial charge in [-0.05, 0) is 18.2 Å². The molecule has 0 atom stereocenters. The van der Waals surface area contributed by atoms with Gasteiger partial charge >= 0.3 is 0 Å². The third-order valence-corrected chi connectivity index (χ3v) is 2.54. The monoisotopic (exact) mass is 245 g/mol. The second-order valence-corrected chi connectivity index (χ2v) is 3.73. The molecule has 18 heavy (non-hydrogen) atoms. The van der Waals surface area contributed by atoms with Crippen molar-refractivity contribution in [1.82, 2.24) is 15.1 Å². The van der Waals surface area contributed by atoms with Crippen molar-refractivity contribution in [1.29, 1.82) is 0 Å². The molecule has 0 fully saturated rings. The van der Waals surface area contributed by atoms with E-state index in [4.69, 9.17) is 4.74 Å². The maximum Gasteiger partial charge on any atom is 0.255 e. The molecule has 1 aromatic heterocycles. The molecule has 1 heterocycles. The number of hydrogen-bond donors (Lipinski definition) is 1. The van der Waals surface area contributed by atoms with E-state index in [0.717, 1.165) is 0 Å². The Morgan fingerprint density at radius 3 is 2.94 bits per heavy atom. The zero-order valence-electron chi connectivity index (χ0n) is 10.2. The number of benzene rings is 1. The zero-order chi connectivity index (χ0) is 12.8. The second kappa shape index (κ2) is 5.86. The first-order valence-electron chi connectivity index (χ1n) is 5.70. The number of carbonyl (C=O) groups excluding carboxylic acids is 1. The van der Waals surface area contributed by atoms with Crippen LogP contribution < -0.4 is 10.1 Å². The SMILES string of the molecule is COc1ccccc1C(=O)NCCn1cccn1. The van der Waals surface area contributed by atoms with Crippen LogP contribution in [0.15, 0.2) is 42.7 Å². The lowest BCUT2D eigenvalue weighted by Gasteiger charge is -2.09. The topological polar surface area (TPSA) is 56.1 Å². The van der Waals surface area contributed by atoms with Crippen molar-refractivity contribution in [3.05, 3.63) is 48.3 Å². The summed E-state index contributed by atoms with van der Waals surface area (Å²) < 4.78 is 6.91. The summed E-state index contributed by atoms with van der Waals surface area (Å²) in [5, 5.41) is 6.89. The molecule has 0 aliphatic rings. The van der Waals surface area contributed by atoms with Gasteiger partial charge in [-0.1, -0.05) is 12.1 Å². The smallest absolute Gasteiger partial charge is 0.255 e. The molecule has 5 heteroatoms. The largest absolute Gasteiger partial charge is 0.496 e. The Morgan fingerprint density at radius 1 is 1.39 bits per heavy atom. The molecule has 0 saturated carbocycles. The fourth-order valence-electron chi connectivity index (χ4n) is 1.64. The molecule has 0 saturated heterocycles. The van der Waals surface area contributed by atoms with E-state index >= 15 is 0 Å². The van der Waals surface area contributed by atoms with Crippen LogP contribution >= 0.6 is 0 Å². The first-order valence-corrected chi connectivity index (χ1v) is 5.70. The van der Waals surface area contributed by atoms with E-state index in [2.05, 4.69) is 10.4 Å². The Kier molecular flexibility index (Phi) is 3.96. The number of nitrogens with one attached hydrogen (secondary N) is 1. The van der Waals surface area contributed by atoms with Crippen LogP contribution in [0.5, 0.6) is 5.75 Å². The highest BCUT2D eigenvalue weighted by Crippen LogP contribution is 2.16. The molecule has 1 amide bonds. The minimum atomic E-state index is -0.139. The number of carbonyl (C=O) groups is 1. The molecule has 0 aliphatic carbocycles. The first-order chi connectivity index (χ1) is 8.81. The number of methoxy groups -OCH3 is 1. The average Bonchev–Trinajstić information content (AvgIpc) is 2.91. The third-order valence-electron chi connectivity index (χ3n) is 2.54. The van der Waals surface area contributed by atoms with E-state index in [1.165, 1.54) is 0 Å². The van der Waals surface area contributed by atoms with E-state index in [0.29, 0.717) is 24.4 Å². The summed E-state index contributed by atoms with van der Waals surface area (Å²) in [7, 11) is 1.55. The lowest BCUT2D eigenvalue weighted by molar-refractivity contribution is 0.0949. The highest BCUT2D eigenvalue weighted by molar-refractivity contribution is 5.96. The molecule has 5 nitrogen and oxygen atoms in total. The normalized spacial score (nSPS) is 10.1.